The highest BCUT2D eigenvalue weighted by atomic mass is 19.1. The number of amides is 2. The van der Waals surface area contributed by atoms with Crippen molar-refractivity contribution in [2.45, 2.75) is 18.9 Å². The molecule has 1 aliphatic carbocycles. The molecule has 1 aliphatic rings. The first-order chi connectivity index (χ1) is 12.9. The Morgan fingerprint density at radius 1 is 1.15 bits per heavy atom. The molecule has 0 atom stereocenters. The number of rotatable bonds is 6. The van der Waals surface area contributed by atoms with Gasteiger partial charge in [0.25, 0.3) is 5.91 Å². The number of nitro benzene ring substituents is 1. The summed E-state index contributed by atoms with van der Waals surface area (Å²) in [5, 5.41) is 16.0. The quantitative estimate of drug-likeness (QED) is 0.463. The summed E-state index contributed by atoms with van der Waals surface area (Å²) in [6.45, 7) is 0. The summed E-state index contributed by atoms with van der Waals surface area (Å²) in [6, 6.07) is 10.1. The molecule has 0 aromatic heterocycles. The zero-order valence-corrected chi connectivity index (χ0v) is 14.1. The van der Waals surface area contributed by atoms with E-state index < -0.39 is 22.3 Å². The van der Waals surface area contributed by atoms with Crippen LogP contribution in [0.15, 0.2) is 48.5 Å². The Bertz CT molecular complexity index is 921. The normalized spacial score (nSPS) is 13.4. The van der Waals surface area contributed by atoms with Gasteiger partial charge >= 0.3 is 5.69 Å². The molecule has 138 valence electrons. The van der Waals surface area contributed by atoms with Gasteiger partial charge in [0.1, 0.15) is 0 Å². The molecule has 0 spiro atoms. The van der Waals surface area contributed by atoms with E-state index in [9.17, 15) is 24.1 Å². The van der Waals surface area contributed by atoms with Crippen LogP contribution in [0.2, 0.25) is 0 Å². The fourth-order valence-corrected chi connectivity index (χ4v) is 2.33. The van der Waals surface area contributed by atoms with E-state index in [-0.39, 0.29) is 17.6 Å². The van der Waals surface area contributed by atoms with Gasteiger partial charge in [-0.05, 0) is 48.7 Å². The van der Waals surface area contributed by atoms with E-state index in [0.717, 1.165) is 25.0 Å². The van der Waals surface area contributed by atoms with E-state index in [1.807, 2.05) is 0 Å². The molecule has 0 unspecified atom stereocenters. The van der Waals surface area contributed by atoms with Gasteiger partial charge in [-0.3, -0.25) is 19.7 Å². The van der Waals surface area contributed by atoms with Crippen LogP contribution in [0, 0.1) is 15.9 Å². The topological polar surface area (TPSA) is 101 Å². The Labute approximate surface area is 154 Å². The molecule has 1 saturated carbocycles. The van der Waals surface area contributed by atoms with E-state index in [4.69, 9.17) is 0 Å². The molecule has 0 radical (unpaired) electrons. The summed E-state index contributed by atoms with van der Waals surface area (Å²) in [7, 11) is 0. The lowest BCUT2D eigenvalue weighted by atomic mass is 10.1. The second-order valence-corrected chi connectivity index (χ2v) is 6.12. The monoisotopic (exact) mass is 369 g/mol. The Hall–Kier alpha value is -3.55. The lowest BCUT2D eigenvalue weighted by Crippen LogP contribution is -2.25. The fourth-order valence-electron chi connectivity index (χ4n) is 2.33. The summed E-state index contributed by atoms with van der Waals surface area (Å²) in [5.41, 5.74) is 0.655. The summed E-state index contributed by atoms with van der Waals surface area (Å²) in [5.74, 6) is -1.62. The number of halogens is 1. The average molecular weight is 369 g/mol. The van der Waals surface area contributed by atoms with Crippen molar-refractivity contribution in [2.24, 2.45) is 0 Å². The van der Waals surface area contributed by atoms with Crippen LogP contribution >= 0.6 is 0 Å². The minimum Gasteiger partial charge on any atom is -0.349 e. The molecule has 2 N–H and O–H groups in total. The van der Waals surface area contributed by atoms with Crippen molar-refractivity contribution >= 4 is 29.3 Å². The van der Waals surface area contributed by atoms with Crippen molar-refractivity contribution in [3.8, 4) is 0 Å². The van der Waals surface area contributed by atoms with E-state index in [1.165, 1.54) is 18.2 Å². The van der Waals surface area contributed by atoms with Gasteiger partial charge in [-0.2, -0.15) is 4.39 Å². The highest BCUT2D eigenvalue weighted by molar-refractivity contribution is 6.02. The Morgan fingerprint density at radius 3 is 2.48 bits per heavy atom. The summed E-state index contributed by atoms with van der Waals surface area (Å²) in [4.78, 5) is 33.7. The first-order valence-corrected chi connectivity index (χ1v) is 8.26. The highest BCUT2D eigenvalue weighted by Gasteiger charge is 2.23. The third-order valence-electron chi connectivity index (χ3n) is 3.92. The number of carbonyl (C=O) groups excluding carboxylic acids is 2. The maximum Gasteiger partial charge on any atom is 0.306 e. The van der Waals surface area contributed by atoms with Gasteiger partial charge < -0.3 is 10.6 Å². The zero-order valence-electron chi connectivity index (χ0n) is 14.1. The fraction of sp³-hybridized carbons (Fsp3) is 0.158. The molecule has 0 bridgehead atoms. The molecule has 0 heterocycles. The maximum atomic E-state index is 13.3. The van der Waals surface area contributed by atoms with Crippen molar-refractivity contribution < 1.29 is 18.9 Å². The van der Waals surface area contributed by atoms with Crippen LogP contribution in [0.3, 0.4) is 0 Å². The van der Waals surface area contributed by atoms with Crippen LogP contribution in [-0.2, 0) is 4.79 Å². The lowest BCUT2D eigenvalue weighted by Gasteiger charge is -2.04. The molecule has 1 fully saturated rings. The lowest BCUT2D eigenvalue weighted by molar-refractivity contribution is -0.387. The smallest absolute Gasteiger partial charge is 0.306 e. The van der Waals surface area contributed by atoms with Gasteiger partial charge in [0.2, 0.25) is 11.7 Å². The second kappa shape index (κ2) is 7.77. The SMILES string of the molecule is O=C(/C=C/c1ccc(C(=O)NC2CC2)cc1)Nc1ccc(F)c([N+](=O)[O-])c1. The molecule has 2 aromatic rings. The number of nitro groups is 1. The minimum absolute atomic E-state index is 0.116. The van der Waals surface area contributed by atoms with Crippen LogP contribution in [0.1, 0.15) is 28.8 Å². The number of hydrogen-bond donors (Lipinski definition) is 2. The predicted octanol–water partition coefficient (Wildman–Crippen LogP) is 3.28. The maximum absolute atomic E-state index is 13.3. The van der Waals surface area contributed by atoms with Gasteiger partial charge in [0.05, 0.1) is 4.92 Å². The first kappa shape index (κ1) is 18.2. The van der Waals surface area contributed by atoms with Crippen LogP contribution < -0.4 is 10.6 Å². The molecular formula is C19H16FN3O4. The van der Waals surface area contributed by atoms with Crippen LogP contribution in [0.5, 0.6) is 0 Å². The molecular weight excluding hydrogens is 353 g/mol. The van der Waals surface area contributed by atoms with E-state index in [0.29, 0.717) is 11.1 Å². The minimum atomic E-state index is -0.973. The zero-order chi connectivity index (χ0) is 19.4. The third kappa shape index (κ3) is 4.97. The van der Waals surface area contributed by atoms with Crippen molar-refractivity contribution in [3.63, 3.8) is 0 Å². The van der Waals surface area contributed by atoms with E-state index in [1.54, 1.807) is 24.3 Å². The molecule has 8 heteroatoms. The van der Waals surface area contributed by atoms with Crippen molar-refractivity contribution in [1.29, 1.82) is 0 Å². The number of hydrogen-bond acceptors (Lipinski definition) is 4. The standard InChI is InChI=1S/C19H16FN3O4/c20-16-9-8-15(11-17(16)23(26)27)21-18(24)10-3-12-1-4-13(5-2-12)19(25)22-14-6-7-14/h1-5,8-11,14H,6-7H2,(H,21,24)(H,22,25)/b10-3+. The number of benzene rings is 2. The summed E-state index contributed by atoms with van der Waals surface area (Å²) >= 11 is 0. The highest BCUT2D eigenvalue weighted by Crippen LogP contribution is 2.22. The predicted molar refractivity (Wildman–Crippen MR) is 97.6 cm³/mol. The van der Waals surface area contributed by atoms with Crippen molar-refractivity contribution in [3.05, 3.63) is 75.6 Å². The number of nitrogens with zero attached hydrogens (tertiary/aromatic N) is 1. The van der Waals surface area contributed by atoms with Crippen molar-refractivity contribution in [1.82, 2.24) is 5.32 Å². The largest absolute Gasteiger partial charge is 0.349 e. The summed E-state index contributed by atoms with van der Waals surface area (Å²) in [6.07, 6.45) is 4.81. The molecule has 0 saturated heterocycles. The van der Waals surface area contributed by atoms with Crippen LogP contribution in [0.25, 0.3) is 6.08 Å². The van der Waals surface area contributed by atoms with E-state index >= 15 is 0 Å². The third-order valence-corrected chi connectivity index (χ3v) is 3.92. The van der Waals surface area contributed by atoms with Gasteiger partial charge in [-0.15, -0.1) is 0 Å². The van der Waals surface area contributed by atoms with Crippen molar-refractivity contribution in [2.75, 3.05) is 5.32 Å². The van der Waals surface area contributed by atoms with Crippen LogP contribution in [-0.4, -0.2) is 22.8 Å². The van der Waals surface area contributed by atoms with Gasteiger partial charge in [-0.25, -0.2) is 0 Å². The summed E-state index contributed by atoms with van der Waals surface area (Å²) < 4.78 is 13.3. The van der Waals surface area contributed by atoms with Gasteiger partial charge in [0.15, 0.2) is 0 Å². The Morgan fingerprint density at radius 2 is 1.85 bits per heavy atom. The van der Waals surface area contributed by atoms with Crippen LogP contribution in [0.4, 0.5) is 15.8 Å². The Kier molecular flexibility index (Phi) is 5.25. The molecule has 2 aromatic carbocycles. The molecule has 7 nitrogen and oxygen atoms in total. The second-order valence-electron chi connectivity index (χ2n) is 6.12. The molecule has 27 heavy (non-hydrogen) atoms. The number of carbonyl (C=O) groups is 2. The van der Waals surface area contributed by atoms with Gasteiger partial charge in [-0.1, -0.05) is 12.1 Å². The molecule has 3 rings (SSSR count). The molecule has 0 aliphatic heterocycles. The number of anilines is 1. The molecule has 2 amide bonds. The van der Waals surface area contributed by atoms with E-state index in [2.05, 4.69) is 10.6 Å². The number of nitrogens with one attached hydrogen (secondary N) is 2. The Balaban J connectivity index is 1.60. The first-order valence-electron chi connectivity index (χ1n) is 8.26. The average Bonchev–Trinajstić information content (AvgIpc) is 3.45. The van der Waals surface area contributed by atoms with Gasteiger partial charge in [0, 0.05) is 29.4 Å².